The van der Waals surface area contributed by atoms with Gasteiger partial charge in [-0.1, -0.05) is 17.7 Å². The lowest BCUT2D eigenvalue weighted by molar-refractivity contribution is 0.628. The minimum atomic E-state index is -0.475. The van der Waals surface area contributed by atoms with E-state index in [1.54, 1.807) is 17.4 Å². The molecule has 90 valence electrons. The monoisotopic (exact) mass is 279 g/mol. The van der Waals surface area contributed by atoms with Gasteiger partial charge in [-0.25, -0.2) is 9.37 Å². The number of hydrogen-bond donors (Lipinski definition) is 1. The number of aromatic nitrogens is 3. The first-order valence-electron chi connectivity index (χ1n) is 5.16. The number of benzene rings is 1. The van der Waals surface area contributed by atoms with Crippen LogP contribution in [0, 0.1) is 5.82 Å². The van der Waals surface area contributed by atoms with Crippen LogP contribution in [0.15, 0.2) is 35.7 Å². The van der Waals surface area contributed by atoms with Gasteiger partial charge in [-0.05, 0) is 29.6 Å². The highest BCUT2D eigenvalue weighted by atomic mass is 35.5. The molecule has 3 nitrogen and oxygen atoms in total. The molecule has 0 radical (unpaired) electrons. The minimum Gasteiger partial charge on any atom is -0.258 e. The Morgan fingerprint density at radius 2 is 2.17 bits per heavy atom. The summed E-state index contributed by atoms with van der Waals surface area (Å²) in [6, 6.07) is 8.38. The standard InChI is InChI=1S/C12H7ClFN3S/c13-8-4-3-7(6-9(8)14)11-15-12(17-16-11)10-2-1-5-18-10/h1-6H,(H,15,16,17). The molecule has 0 aliphatic rings. The molecule has 1 aromatic carbocycles. The van der Waals surface area contributed by atoms with Crippen molar-refractivity contribution >= 4 is 22.9 Å². The molecule has 1 N–H and O–H groups in total. The first-order chi connectivity index (χ1) is 8.74. The number of aromatic amines is 1. The van der Waals surface area contributed by atoms with Crippen LogP contribution < -0.4 is 0 Å². The van der Waals surface area contributed by atoms with Crippen molar-refractivity contribution in [2.75, 3.05) is 0 Å². The lowest BCUT2D eigenvalue weighted by Gasteiger charge is -1.96. The Morgan fingerprint density at radius 1 is 1.28 bits per heavy atom. The van der Waals surface area contributed by atoms with Crippen molar-refractivity contribution in [1.82, 2.24) is 15.2 Å². The van der Waals surface area contributed by atoms with Gasteiger partial charge < -0.3 is 0 Å². The Balaban J connectivity index is 2.00. The number of halogens is 2. The van der Waals surface area contributed by atoms with E-state index in [1.807, 2.05) is 17.5 Å². The third-order valence-corrected chi connectivity index (χ3v) is 3.60. The molecule has 0 amide bonds. The maximum atomic E-state index is 13.3. The van der Waals surface area contributed by atoms with Crippen molar-refractivity contribution in [3.63, 3.8) is 0 Å². The lowest BCUT2D eigenvalue weighted by Crippen LogP contribution is -1.83. The molecule has 3 aromatic rings. The number of rotatable bonds is 2. The van der Waals surface area contributed by atoms with E-state index in [2.05, 4.69) is 15.2 Å². The second-order valence-corrected chi connectivity index (χ2v) is 4.97. The average Bonchev–Trinajstić information content (AvgIpc) is 3.01. The van der Waals surface area contributed by atoms with E-state index in [-0.39, 0.29) is 5.02 Å². The second-order valence-electron chi connectivity index (χ2n) is 3.61. The highest BCUT2D eigenvalue weighted by Gasteiger charge is 2.10. The second kappa shape index (κ2) is 4.51. The van der Waals surface area contributed by atoms with Gasteiger partial charge in [-0.15, -0.1) is 11.3 Å². The summed E-state index contributed by atoms with van der Waals surface area (Å²) >= 11 is 7.19. The van der Waals surface area contributed by atoms with Crippen LogP contribution in [-0.2, 0) is 0 Å². The van der Waals surface area contributed by atoms with Gasteiger partial charge >= 0.3 is 0 Å². The molecule has 6 heteroatoms. The zero-order chi connectivity index (χ0) is 12.5. The van der Waals surface area contributed by atoms with Gasteiger partial charge in [0.1, 0.15) is 5.82 Å². The summed E-state index contributed by atoms with van der Waals surface area (Å²) < 4.78 is 13.3. The fraction of sp³-hybridized carbons (Fsp3) is 0. The quantitative estimate of drug-likeness (QED) is 0.770. The summed E-state index contributed by atoms with van der Waals surface area (Å²) in [7, 11) is 0. The predicted octanol–water partition coefficient (Wildman–Crippen LogP) is 3.99. The molecule has 0 aliphatic heterocycles. The maximum absolute atomic E-state index is 13.3. The van der Waals surface area contributed by atoms with Gasteiger partial charge in [0.2, 0.25) is 0 Å². The largest absolute Gasteiger partial charge is 0.258 e. The average molecular weight is 280 g/mol. The van der Waals surface area contributed by atoms with Crippen molar-refractivity contribution in [3.8, 4) is 22.1 Å². The van der Waals surface area contributed by atoms with E-state index >= 15 is 0 Å². The predicted molar refractivity (Wildman–Crippen MR) is 70.1 cm³/mol. The molecular weight excluding hydrogens is 273 g/mol. The zero-order valence-corrected chi connectivity index (χ0v) is 10.6. The molecule has 0 spiro atoms. The van der Waals surface area contributed by atoms with Gasteiger partial charge in [0.05, 0.1) is 9.90 Å². The smallest absolute Gasteiger partial charge is 0.181 e. The van der Waals surface area contributed by atoms with E-state index in [4.69, 9.17) is 11.6 Å². The van der Waals surface area contributed by atoms with E-state index in [9.17, 15) is 4.39 Å². The Bertz CT molecular complexity index is 678. The van der Waals surface area contributed by atoms with Gasteiger partial charge in [0.25, 0.3) is 0 Å². The Morgan fingerprint density at radius 3 is 2.89 bits per heavy atom. The third-order valence-electron chi connectivity index (χ3n) is 2.42. The molecule has 0 bridgehead atoms. The maximum Gasteiger partial charge on any atom is 0.181 e. The molecular formula is C12H7ClFN3S. The van der Waals surface area contributed by atoms with Crippen molar-refractivity contribution in [3.05, 3.63) is 46.6 Å². The molecule has 0 unspecified atom stereocenters. The minimum absolute atomic E-state index is 0.0905. The summed E-state index contributed by atoms with van der Waals surface area (Å²) in [6.45, 7) is 0. The van der Waals surface area contributed by atoms with E-state index in [0.717, 1.165) is 4.88 Å². The van der Waals surface area contributed by atoms with Crippen LogP contribution in [0.25, 0.3) is 22.1 Å². The number of hydrogen-bond acceptors (Lipinski definition) is 3. The molecule has 2 heterocycles. The Kier molecular flexibility index (Phi) is 2.85. The molecule has 0 saturated heterocycles. The van der Waals surface area contributed by atoms with Gasteiger partial charge in [0, 0.05) is 5.56 Å². The summed E-state index contributed by atoms with van der Waals surface area (Å²) in [5, 5.41) is 8.96. The molecule has 0 fully saturated rings. The molecule has 0 aliphatic carbocycles. The van der Waals surface area contributed by atoms with Gasteiger partial charge in [-0.3, -0.25) is 5.10 Å². The van der Waals surface area contributed by atoms with E-state index in [1.165, 1.54) is 12.1 Å². The number of thiophene rings is 1. The van der Waals surface area contributed by atoms with Crippen LogP contribution >= 0.6 is 22.9 Å². The lowest BCUT2D eigenvalue weighted by atomic mass is 10.2. The van der Waals surface area contributed by atoms with E-state index in [0.29, 0.717) is 17.2 Å². The third kappa shape index (κ3) is 2.02. The number of H-pyrrole nitrogens is 1. The van der Waals surface area contributed by atoms with Crippen molar-refractivity contribution in [2.45, 2.75) is 0 Å². The summed E-state index contributed by atoms with van der Waals surface area (Å²) in [6.07, 6.45) is 0. The first kappa shape index (κ1) is 11.4. The fourth-order valence-corrected chi connectivity index (χ4v) is 2.33. The number of nitrogens with zero attached hydrogens (tertiary/aromatic N) is 2. The SMILES string of the molecule is Fc1cc(-c2n[nH]c(-c3cccs3)n2)ccc1Cl. The molecule has 0 saturated carbocycles. The summed E-state index contributed by atoms with van der Waals surface area (Å²) in [4.78, 5) is 5.32. The molecule has 0 atom stereocenters. The van der Waals surface area contributed by atoms with Crippen LogP contribution in [0.1, 0.15) is 0 Å². The topological polar surface area (TPSA) is 41.6 Å². The van der Waals surface area contributed by atoms with Crippen molar-refractivity contribution < 1.29 is 4.39 Å². The fourth-order valence-electron chi connectivity index (χ4n) is 1.55. The normalized spacial score (nSPS) is 10.8. The molecule has 18 heavy (non-hydrogen) atoms. The summed E-state index contributed by atoms with van der Waals surface area (Å²) in [5.74, 6) is 0.654. The van der Waals surface area contributed by atoms with Crippen LogP contribution in [0.4, 0.5) is 4.39 Å². The highest BCUT2D eigenvalue weighted by molar-refractivity contribution is 7.13. The van der Waals surface area contributed by atoms with Crippen LogP contribution in [0.5, 0.6) is 0 Å². The van der Waals surface area contributed by atoms with Gasteiger partial charge in [-0.2, -0.15) is 5.10 Å². The number of nitrogens with one attached hydrogen (secondary N) is 1. The van der Waals surface area contributed by atoms with Crippen LogP contribution in [-0.4, -0.2) is 15.2 Å². The van der Waals surface area contributed by atoms with Gasteiger partial charge in [0.15, 0.2) is 11.6 Å². The van der Waals surface area contributed by atoms with E-state index < -0.39 is 5.82 Å². The Labute approximate surface area is 111 Å². The summed E-state index contributed by atoms with van der Waals surface area (Å²) in [5.41, 5.74) is 0.593. The molecule has 3 rings (SSSR count). The zero-order valence-electron chi connectivity index (χ0n) is 9.02. The molecule has 2 aromatic heterocycles. The Hall–Kier alpha value is -1.72. The van der Waals surface area contributed by atoms with Crippen molar-refractivity contribution in [1.29, 1.82) is 0 Å². The highest BCUT2D eigenvalue weighted by Crippen LogP contribution is 2.25. The van der Waals surface area contributed by atoms with Crippen LogP contribution in [0.3, 0.4) is 0 Å². The van der Waals surface area contributed by atoms with Crippen LogP contribution in [0.2, 0.25) is 5.02 Å². The van der Waals surface area contributed by atoms with Crippen molar-refractivity contribution in [2.24, 2.45) is 0 Å². The first-order valence-corrected chi connectivity index (χ1v) is 6.41.